The summed E-state index contributed by atoms with van der Waals surface area (Å²) in [6.45, 7) is 4.55. The highest BCUT2D eigenvalue weighted by Gasteiger charge is 2.22. The first kappa shape index (κ1) is 88.4. The molecular weight excluding hydrogens is 1150 g/mol. The van der Waals surface area contributed by atoms with Crippen molar-refractivity contribution >= 4 is 17.9 Å². The van der Waals surface area contributed by atoms with Crippen LogP contribution >= 0.6 is 0 Å². The van der Waals surface area contributed by atoms with Gasteiger partial charge in [-0.25, -0.2) is 0 Å². The molecule has 0 heterocycles. The average Bonchev–Trinajstić information content (AvgIpc) is 3.74. The molecule has 0 radical (unpaired) electrons. The first-order valence-electron chi connectivity index (χ1n) is 38.3. The SMILES string of the molecule is CC/C=C\C/C=C\C/C=C\C/C=C\C/C=C\C/C=C\CCCCCCCCCCCCCCCCC(=O)OC(COC(=O)CCCCCCCCCCCCCCCCCCCCC/C=C\C/C=C\C/C=C\C/C=C\C/C=C\CC)COC(OCC[N+](C)(C)C)C(=O)[O-]. The number of aliphatic carboxylic acids is 1. The van der Waals surface area contributed by atoms with E-state index in [-0.39, 0.29) is 38.6 Å². The van der Waals surface area contributed by atoms with Gasteiger partial charge in [0.15, 0.2) is 12.4 Å². The maximum Gasteiger partial charge on any atom is 0.306 e. The second-order valence-electron chi connectivity index (χ2n) is 26.5. The summed E-state index contributed by atoms with van der Waals surface area (Å²) in [6.07, 6.45) is 103. The molecule has 0 aliphatic heterocycles. The fourth-order valence-corrected chi connectivity index (χ4v) is 10.6. The van der Waals surface area contributed by atoms with Gasteiger partial charge < -0.3 is 33.3 Å². The molecule has 0 aromatic carbocycles. The summed E-state index contributed by atoms with van der Waals surface area (Å²) in [4.78, 5) is 37.6. The largest absolute Gasteiger partial charge is 0.545 e. The molecule has 9 nitrogen and oxygen atoms in total. The normalized spacial score (nSPS) is 13.4. The molecule has 0 fully saturated rings. The molecular formula is C84H143NO8. The van der Waals surface area contributed by atoms with E-state index in [1.807, 2.05) is 21.1 Å². The van der Waals surface area contributed by atoms with Crippen LogP contribution in [0.5, 0.6) is 0 Å². The summed E-state index contributed by atoms with van der Waals surface area (Å²) in [5.74, 6) is -2.27. The minimum atomic E-state index is -1.63. The van der Waals surface area contributed by atoms with E-state index < -0.39 is 24.3 Å². The van der Waals surface area contributed by atoms with Gasteiger partial charge in [-0.1, -0.05) is 334 Å². The number of carbonyl (C=O) groups excluding carboxylic acids is 3. The number of carboxylic acids is 1. The lowest BCUT2D eigenvalue weighted by Crippen LogP contribution is -2.44. The van der Waals surface area contributed by atoms with Crippen molar-refractivity contribution in [2.24, 2.45) is 0 Å². The zero-order chi connectivity index (χ0) is 67.5. The number of likely N-dealkylation sites (N-methyl/N-ethyl adjacent to an activating group) is 1. The molecule has 0 saturated heterocycles. The number of rotatable bonds is 70. The van der Waals surface area contributed by atoms with Crippen LogP contribution in [0.2, 0.25) is 0 Å². The third-order valence-corrected chi connectivity index (χ3v) is 16.4. The number of unbranched alkanes of at least 4 members (excludes halogenated alkanes) is 33. The predicted octanol–water partition coefficient (Wildman–Crippen LogP) is 23.1. The van der Waals surface area contributed by atoms with E-state index in [1.165, 1.54) is 180 Å². The second-order valence-corrected chi connectivity index (χ2v) is 26.5. The number of esters is 2. The smallest absolute Gasteiger partial charge is 0.306 e. The summed E-state index contributed by atoms with van der Waals surface area (Å²) in [5.41, 5.74) is 0. The summed E-state index contributed by atoms with van der Waals surface area (Å²) in [6, 6.07) is 0. The van der Waals surface area contributed by atoms with Gasteiger partial charge in [-0.2, -0.15) is 0 Å². The van der Waals surface area contributed by atoms with Gasteiger partial charge in [0.25, 0.3) is 0 Å². The lowest BCUT2D eigenvalue weighted by atomic mass is 10.0. The van der Waals surface area contributed by atoms with Crippen molar-refractivity contribution in [2.75, 3.05) is 47.5 Å². The van der Waals surface area contributed by atoms with Gasteiger partial charge in [0.1, 0.15) is 13.2 Å². The monoisotopic (exact) mass is 1290 g/mol. The number of quaternary nitrogens is 1. The van der Waals surface area contributed by atoms with E-state index in [4.69, 9.17) is 18.9 Å². The van der Waals surface area contributed by atoms with Crippen molar-refractivity contribution in [3.63, 3.8) is 0 Å². The lowest BCUT2D eigenvalue weighted by Gasteiger charge is -2.26. The first-order valence-corrected chi connectivity index (χ1v) is 38.3. The van der Waals surface area contributed by atoms with Gasteiger partial charge in [0.05, 0.1) is 40.3 Å². The maximum atomic E-state index is 13.0. The van der Waals surface area contributed by atoms with E-state index in [0.29, 0.717) is 17.4 Å². The zero-order valence-electron chi connectivity index (χ0n) is 60.8. The van der Waals surface area contributed by atoms with Crippen molar-refractivity contribution in [1.29, 1.82) is 0 Å². The zero-order valence-corrected chi connectivity index (χ0v) is 60.8. The number of carboxylic acid groups (broad SMARTS) is 1. The molecule has 0 aromatic heterocycles. The van der Waals surface area contributed by atoms with E-state index in [9.17, 15) is 19.5 Å². The molecule has 93 heavy (non-hydrogen) atoms. The van der Waals surface area contributed by atoms with Crippen LogP contribution < -0.4 is 5.11 Å². The van der Waals surface area contributed by atoms with Crippen LogP contribution in [0.15, 0.2) is 134 Å². The number of hydrogen-bond donors (Lipinski definition) is 0. The third-order valence-electron chi connectivity index (χ3n) is 16.4. The van der Waals surface area contributed by atoms with Crippen LogP contribution in [-0.2, 0) is 33.3 Å². The Balaban J connectivity index is 4.06. The van der Waals surface area contributed by atoms with Crippen LogP contribution in [0.4, 0.5) is 0 Å². The number of ether oxygens (including phenoxy) is 4. The number of nitrogens with zero attached hydrogens (tertiary/aromatic N) is 1. The molecule has 0 aliphatic carbocycles. The average molecular weight is 1300 g/mol. The Labute approximate surface area is 573 Å². The fraction of sp³-hybridized carbons (Fsp3) is 0.702. The second kappa shape index (κ2) is 73.2. The lowest BCUT2D eigenvalue weighted by molar-refractivity contribution is -0.870. The fourth-order valence-electron chi connectivity index (χ4n) is 10.6. The quantitative estimate of drug-likeness (QED) is 0.0195. The van der Waals surface area contributed by atoms with Gasteiger partial charge in [-0.3, -0.25) is 9.59 Å². The van der Waals surface area contributed by atoms with Crippen LogP contribution in [0.25, 0.3) is 0 Å². The molecule has 0 rings (SSSR count). The third kappa shape index (κ3) is 74.7. The van der Waals surface area contributed by atoms with Crippen LogP contribution in [-0.4, -0.2) is 82.3 Å². The topological polar surface area (TPSA) is 111 Å². The highest BCUT2D eigenvalue weighted by molar-refractivity contribution is 5.70. The number of allylic oxidation sites excluding steroid dienone is 22. The first-order chi connectivity index (χ1) is 45.6. The Bertz CT molecular complexity index is 2000. The summed E-state index contributed by atoms with van der Waals surface area (Å²) in [5, 5.41) is 11.9. The van der Waals surface area contributed by atoms with Gasteiger partial charge in [-0.05, 0) is 109 Å². The Hall–Kier alpha value is -4.57. The molecule has 0 bridgehead atoms. The van der Waals surface area contributed by atoms with E-state index in [2.05, 4.69) is 148 Å². The Morgan fingerprint density at radius 3 is 0.860 bits per heavy atom. The maximum absolute atomic E-state index is 13.0. The van der Waals surface area contributed by atoms with Gasteiger partial charge in [0.2, 0.25) is 0 Å². The molecule has 0 spiro atoms. The molecule has 2 unspecified atom stereocenters. The van der Waals surface area contributed by atoms with Crippen LogP contribution in [0, 0.1) is 0 Å². The van der Waals surface area contributed by atoms with Crippen LogP contribution in [0.1, 0.15) is 322 Å². The highest BCUT2D eigenvalue weighted by Crippen LogP contribution is 2.18. The van der Waals surface area contributed by atoms with Crippen LogP contribution in [0.3, 0.4) is 0 Å². The molecule has 0 amide bonds. The Morgan fingerprint density at radius 2 is 0.581 bits per heavy atom. The van der Waals surface area contributed by atoms with E-state index >= 15 is 0 Å². The molecule has 532 valence electrons. The highest BCUT2D eigenvalue weighted by atomic mass is 16.7. The molecule has 9 heteroatoms. The van der Waals surface area contributed by atoms with Gasteiger partial charge in [0, 0.05) is 12.8 Å². The number of carbonyl (C=O) groups is 3. The van der Waals surface area contributed by atoms with Crippen molar-refractivity contribution in [3.05, 3.63) is 134 Å². The van der Waals surface area contributed by atoms with Gasteiger partial charge >= 0.3 is 11.9 Å². The molecule has 2 atom stereocenters. The molecule has 0 aliphatic rings. The summed E-state index contributed by atoms with van der Waals surface area (Å²) in [7, 11) is 5.94. The summed E-state index contributed by atoms with van der Waals surface area (Å²) < 4.78 is 22.9. The van der Waals surface area contributed by atoms with Crippen molar-refractivity contribution in [2.45, 2.75) is 334 Å². The predicted molar refractivity (Wildman–Crippen MR) is 398 cm³/mol. The minimum absolute atomic E-state index is 0.144. The van der Waals surface area contributed by atoms with Gasteiger partial charge in [-0.15, -0.1) is 0 Å². The van der Waals surface area contributed by atoms with Crippen molar-refractivity contribution in [1.82, 2.24) is 0 Å². The standard InChI is InChI=1S/C84H143NO8/c1-6-8-10-12-14-16-18-20-22-24-26-28-30-32-34-36-38-40-41-43-44-46-48-50-52-54-56-58-60-62-64-66-68-70-72-74-81(86)91-78-80(79-92-84(83(88)89)90-77-76-85(3,4)5)93-82(87)75-73-71-69-67-65-63-61-59-57-55-53-51-49-47-45-42-39-37-35-33-31-29-27-25-23-21-19-17-15-13-11-9-7-2/h8-11,14-17,20-23,26-29,32-35,39,42,80,84H,6-7,12-13,18-19,24-25,30-31,36-38,40-41,43-79H2,1-5H3/b10-8-,11-9-,16-14-,17-15-,22-20-,23-21-,28-26-,29-27-,34-32-,35-33-,42-39-. The Morgan fingerprint density at radius 1 is 0.323 bits per heavy atom. The van der Waals surface area contributed by atoms with Crippen molar-refractivity contribution in [3.8, 4) is 0 Å². The Kier molecular flexibility index (Phi) is 69.6. The summed E-state index contributed by atoms with van der Waals surface area (Å²) >= 11 is 0. The van der Waals surface area contributed by atoms with E-state index in [1.54, 1.807) is 0 Å². The molecule has 0 N–H and O–H groups in total. The van der Waals surface area contributed by atoms with Crippen molar-refractivity contribution < 1.29 is 42.9 Å². The molecule has 0 aromatic rings. The number of hydrogen-bond acceptors (Lipinski definition) is 8. The van der Waals surface area contributed by atoms with E-state index in [0.717, 1.165) is 109 Å². The minimum Gasteiger partial charge on any atom is -0.545 e. The molecule has 0 saturated carbocycles.